The van der Waals surface area contributed by atoms with Gasteiger partial charge < -0.3 is 4.90 Å². The lowest BCUT2D eigenvalue weighted by atomic mass is 10.2. The molecule has 138 valence electrons. The normalized spacial score (nSPS) is 15.9. The van der Waals surface area contributed by atoms with Gasteiger partial charge in [0.1, 0.15) is 10.0 Å². The van der Waals surface area contributed by atoms with E-state index in [1.165, 1.54) is 28.7 Å². The zero-order valence-electron chi connectivity index (χ0n) is 13.4. The molecule has 0 N–H and O–H groups in total. The van der Waals surface area contributed by atoms with Gasteiger partial charge in [-0.05, 0) is 30.3 Å². The van der Waals surface area contributed by atoms with Gasteiger partial charge in [0.25, 0.3) is 5.91 Å². The van der Waals surface area contributed by atoms with Gasteiger partial charge in [0.2, 0.25) is 10.0 Å². The second kappa shape index (κ2) is 7.70. The van der Waals surface area contributed by atoms with E-state index >= 15 is 0 Å². The van der Waals surface area contributed by atoms with E-state index in [1.54, 1.807) is 17.0 Å². The second-order valence-corrected chi connectivity index (χ2v) is 8.72. The minimum absolute atomic E-state index is 0.0400. The molecule has 0 spiro atoms. The van der Waals surface area contributed by atoms with Crippen LogP contribution in [0.15, 0.2) is 41.4 Å². The molecule has 0 atom stereocenters. The van der Waals surface area contributed by atoms with Crippen LogP contribution in [0.2, 0.25) is 15.2 Å². The Labute approximate surface area is 166 Å². The molecule has 1 aliphatic rings. The third kappa shape index (κ3) is 3.82. The summed E-state index contributed by atoms with van der Waals surface area (Å²) in [7, 11) is -3.80. The van der Waals surface area contributed by atoms with Crippen molar-refractivity contribution in [2.75, 3.05) is 26.2 Å². The highest BCUT2D eigenvalue weighted by atomic mass is 35.5. The molecule has 10 heteroatoms. The van der Waals surface area contributed by atoms with Crippen molar-refractivity contribution in [1.29, 1.82) is 0 Å². The number of carbonyl (C=O) groups is 1. The number of hydrogen-bond donors (Lipinski definition) is 0. The number of amides is 1. The van der Waals surface area contributed by atoms with E-state index in [0.717, 1.165) is 0 Å². The van der Waals surface area contributed by atoms with Crippen molar-refractivity contribution in [3.05, 3.63) is 57.3 Å². The lowest BCUT2D eigenvalue weighted by molar-refractivity contribution is 0.0697. The molecule has 2 heterocycles. The van der Waals surface area contributed by atoms with Gasteiger partial charge in [0.05, 0.1) is 10.6 Å². The Morgan fingerprint density at radius 3 is 2.38 bits per heavy atom. The standard InChI is InChI=1S/C16H14Cl3N3O3S/c17-11-3-4-13(18)14(10-11)26(24,25)22-8-6-21(7-9-22)16(23)12-2-1-5-20-15(12)19/h1-5,10H,6-9H2. The number of rotatable bonds is 3. The third-order valence-electron chi connectivity index (χ3n) is 4.03. The maximum atomic E-state index is 12.8. The first-order valence-electron chi connectivity index (χ1n) is 7.65. The van der Waals surface area contributed by atoms with Crippen LogP contribution in [0.3, 0.4) is 0 Å². The Balaban J connectivity index is 1.75. The highest BCUT2D eigenvalue weighted by Gasteiger charge is 2.32. The zero-order chi connectivity index (χ0) is 18.9. The second-order valence-electron chi connectivity index (χ2n) is 5.61. The Morgan fingerprint density at radius 2 is 1.73 bits per heavy atom. The highest BCUT2D eigenvalue weighted by molar-refractivity contribution is 7.89. The van der Waals surface area contributed by atoms with Gasteiger partial charge in [-0.25, -0.2) is 13.4 Å². The van der Waals surface area contributed by atoms with E-state index in [-0.39, 0.29) is 52.2 Å². The van der Waals surface area contributed by atoms with E-state index in [0.29, 0.717) is 5.56 Å². The topological polar surface area (TPSA) is 70.6 Å². The summed E-state index contributed by atoms with van der Waals surface area (Å²) in [5.41, 5.74) is 0.295. The van der Waals surface area contributed by atoms with Gasteiger partial charge in [-0.15, -0.1) is 0 Å². The van der Waals surface area contributed by atoms with Gasteiger partial charge in [0, 0.05) is 37.4 Å². The van der Waals surface area contributed by atoms with Gasteiger partial charge in [0.15, 0.2) is 0 Å². The van der Waals surface area contributed by atoms with Crippen LogP contribution < -0.4 is 0 Å². The number of hydrogen-bond acceptors (Lipinski definition) is 4. The SMILES string of the molecule is O=C(c1cccnc1Cl)N1CCN(S(=O)(=O)c2cc(Cl)ccc2Cl)CC1. The van der Waals surface area contributed by atoms with E-state index < -0.39 is 10.0 Å². The van der Waals surface area contributed by atoms with Crippen LogP contribution in [0.4, 0.5) is 0 Å². The molecular formula is C16H14Cl3N3O3S. The number of halogens is 3. The van der Waals surface area contributed by atoms with E-state index in [9.17, 15) is 13.2 Å². The van der Waals surface area contributed by atoms with Crippen molar-refractivity contribution in [3.63, 3.8) is 0 Å². The van der Waals surface area contributed by atoms with Crippen LogP contribution in [-0.2, 0) is 10.0 Å². The molecule has 1 amide bonds. The van der Waals surface area contributed by atoms with Crippen LogP contribution in [0.25, 0.3) is 0 Å². The molecule has 0 radical (unpaired) electrons. The first kappa shape index (κ1) is 19.4. The number of aromatic nitrogens is 1. The molecule has 6 nitrogen and oxygen atoms in total. The number of sulfonamides is 1. The first-order valence-corrected chi connectivity index (χ1v) is 10.2. The fourth-order valence-corrected chi connectivity index (χ4v) is 5.02. The minimum atomic E-state index is -3.80. The average molecular weight is 435 g/mol. The summed E-state index contributed by atoms with van der Waals surface area (Å²) in [6, 6.07) is 7.51. The molecule has 2 aromatic rings. The third-order valence-corrected chi connectivity index (χ3v) is 6.94. The fraction of sp³-hybridized carbons (Fsp3) is 0.250. The largest absolute Gasteiger partial charge is 0.336 e. The number of piperazine rings is 1. The maximum absolute atomic E-state index is 12.8. The predicted molar refractivity (Wildman–Crippen MR) is 100 cm³/mol. The lowest BCUT2D eigenvalue weighted by Crippen LogP contribution is -2.50. The molecule has 1 fully saturated rings. The van der Waals surface area contributed by atoms with Crippen LogP contribution in [0.1, 0.15) is 10.4 Å². The Morgan fingerprint density at radius 1 is 1.04 bits per heavy atom. The predicted octanol–water partition coefficient (Wildman–Crippen LogP) is 3.19. The minimum Gasteiger partial charge on any atom is -0.336 e. The van der Waals surface area contributed by atoms with Crippen molar-refractivity contribution in [2.45, 2.75) is 4.90 Å². The monoisotopic (exact) mass is 433 g/mol. The Hall–Kier alpha value is -1.38. The summed E-state index contributed by atoms with van der Waals surface area (Å²) < 4.78 is 26.9. The molecule has 26 heavy (non-hydrogen) atoms. The van der Waals surface area contributed by atoms with Crippen LogP contribution in [0, 0.1) is 0 Å². The molecule has 0 bridgehead atoms. The summed E-state index contributed by atoms with van der Waals surface area (Å²) in [6.07, 6.45) is 1.50. The number of pyridine rings is 1. The van der Waals surface area contributed by atoms with E-state index in [4.69, 9.17) is 34.8 Å². The summed E-state index contributed by atoms with van der Waals surface area (Å²) in [6.45, 7) is 0.770. The maximum Gasteiger partial charge on any atom is 0.257 e. The number of carbonyl (C=O) groups excluding carboxylic acids is 1. The number of nitrogens with zero attached hydrogens (tertiary/aromatic N) is 3. The molecule has 1 aliphatic heterocycles. The molecule has 3 rings (SSSR count). The molecular weight excluding hydrogens is 421 g/mol. The molecule has 1 aromatic carbocycles. The molecule has 0 saturated carbocycles. The zero-order valence-corrected chi connectivity index (χ0v) is 16.5. The van der Waals surface area contributed by atoms with Crippen molar-refractivity contribution in [3.8, 4) is 0 Å². The summed E-state index contributed by atoms with van der Waals surface area (Å²) in [4.78, 5) is 17.9. The summed E-state index contributed by atoms with van der Waals surface area (Å²) in [5, 5.41) is 0.515. The first-order chi connectivity index (χ1) is 12.3. The summed E-state index contributed by atoms with van der Waals surface area (Å²) in [5.74, 6) is -0.277. The van der Waals surface area contributed by atoms with Crippen molar-refractivity contribution < 1.29 is 13.2 Å². The van der Waals surface area contributed by atoms with E-state index in [1.807, 2.05) is 0 Å². The Kier molecular flexibility index (Phi) is 5.74. The quantitative estimate of drug-likeness (QED) is 0.696. The van der Waals surface area contributed by atoms with Crippen LogP contribution in [0.5, 0.6) is 0 Å². The summed E-state index contributed by atoms with van der Waals surface area (Å²) >= 11 is 17.9. The average Bonchev–Trinajstić information content (AvgIpc) is 2.63. The lowest BCUT2D eigenvalue weighted by Gasteiger charge is -2.34. The highest BCUT2D eigenvalue weighted by Crippen LogP contribution is 2.28. The van der Waals surface area contributed by atoms with Gasteiger partial charge in [-0.2, -0.15) is 4.31 Å². The van der Waals surface area contributed by atoms with Crippen molar-refractivity contribution in [2.24, 2.45) is 0 Å². The molecule has 1 saturated heterocycles. The molecule has 0 unspecified atom stereocenters. The Bertz CT molecular complexity index is 945. The van der Waals surface area contributed by atoms with Crippen LogP contribution in [-0.4, -0.2) is 54.7 Å². The van der Waals surface area contributed by atoms with Crippen LogP contribution >= 0.6 is 34.8 Å². The number of benzene rings is 1. The molecule has 0 aliphatic carbocycles. The fourth-order valence-electron chi connectivity index (χ4n) is 2.66. The smallest absolute Gasteiger partial charge is 0.257 e. The van der Waals surface area contributed by atoms with Gasteiger partial charge >= 0.3 is 0 Å². The van der Waals surface area contributed by atoms with Crippen molar-refractivity contribution in [1.82, 2.24) is 14.2 Å². The van der Waals surface area contributed by atoms with E-state index in [2.05, 4.69) is 4.98 Å². The molecule has 1 aromatic heterocycles. The van der Waals surface area contributed by atoms with Crippen molar-refractivity contribution >= 4 is 50.7 Å². The van der Waals surface area contributed by atoms with Gasteiger partial charge in [-0.1, -0.05) is 34.8 Å². The van der Waals surface area contributed by atoms with Gasteiger partial charge in [-0.3, -0.25) is 4.79 Å².